The maximum absolute atomic E-state index is 6.18. The number of rotatable bonds is 7. The second kappa shape index (κ2) is 8.14. The minimum atomic E-state index is 0.439. The summed E-state index contributed by atoms with van der Waals surface area (Å²) in [6.45, 7) is 0.490. The fourth-order valence-corrected chi connectivity index (χ4v) is 4.40. The average molecular weight is 439 g/mol. The maximum Gasteiger partial charge on any atom is 0.225 e. The van der Waals surface area contributed by atoms with Crippen LogP contribution in [0.3, 0.4) is 0 Å². The van der Waals surface area contributed by atoms with Gasteiger partial charge in [-0.15, -0.1) is 4.59 Å². The molecule has 33 heavy (non-hydrogen) atoms. The highest BCUT2D eigenvalue weighted by Crippen LogP contribution is 2.40. The Kier molecular flexibility index (Phi) is 4.84. The van der Waals surface area contributed by atoms with Gasteiger partial charge >= 0.3 is 0 Å². The summed E-state index contributed by atoms with van der Waals surface area (Å²) < 4.78 is 8.36. The van der Waals surface area contributed by atoms with Gasteiger partial charge in [-0.1, -0.05) is 18.2 Å². The third-order valence-electron chi connectivity index (χ3n) is 6.33. The number of nitrogens with zero attached hydrogens (tertiary/aromatic N) is 7. The van der Waals surface area contributed by atoms with Crippen LogP contribution in [0, 0.1) is 0 Å². The topological polar surface area (TPSA) is 67.9 Å². The molecule has 2 aromatic carbocycles. The van der Waals surface area contributed by atoms with Gasteiger partial charge in [0.05, 0.1) is 36.0 Å². The van der Waals surface area contributed by atoms with Crippen molar-refractivity contribution in [1.82, 2.24) is 14.8 Å². The molecule has 0 spiro atoms. The lowest BCUT2D eigenvalue weighted by Crippen LogP contribution is -2.61. The third-order valence-corrected chi connectivity index (χ3v) is 6.33. The Balaban J connectivity index is 1.23. The van der Waals surface area contributed by atoms with Crippen molar-refractivity contribution in [2.24, 2.45) is 9.98 Å². The molecule has 0 saturated heterocycles. The molecule has 3 aromatic rings. The Hall–Kier alpha value is -4.04. The lowest BCUT2D eigenvalue weighted by molar-refractivity contribution is -0.746. The van der Waals surface area contributed by atoms with Crippen molar-refractivity contribution in [3.05, 3.63) is 91.0 Å². The SMILES string of the molecule is C1=C[N+]2(N(c3cccc(OCc4ccc(-n5cncn5)cc4)c3)C3CCC3)C=NC=C2C=N1. The summed E-state index contributed by atoms with van der Waals surface area (Å²) in [7, 11) is 0. The van der Waals surface area contributed by atoms with Crippen LogP contribution in [0.2, 0.25) is 0 Å². The van der Waals surface area contributed by atoms with Gasteiger partial charge in [0.15, 0.2) is 6.20 Å². The van der Waals surface area contributed by atoms with E-state index in [4.69, 9.17) is 4.74 Å². The highest BCUT2D eigenvalue weighted by atomic mass is 16.5. The number of fused-ring (bicyclic) bond motifs is 1. The first-order chi connectivity index (χ1) is 16.3. The molecule has 164 valence electrons. The lowest BCUT2D eigenvalue weighted by atomic mass is 9.91. The summed E-state index contributed by atoms with van der Waals surface area (Å²) in [5.74, 6) is 0.840. The van der Waals surface area contributed by atoms with E-state index in [1.165, 1.54) is 12.7 Å². The zero-order valence-electron chi connectivity index (χ0n) is 18.1. The van der Waals surface area contributed by atoms with Crippen molar-refractivity contribution >= 4 is 18.2 Å². The zero-order valence-corrected chi connectivity index (χ0v) is 18.1. The summed E-state index contributed by atoms with van der Waals surface area (Å²) in [4.78, 5) is 12.8. The number of aromatic nitrogens is 3. The molecule has 1 fully saturated rings. The van der Waals surface area contributed by atoms with Crippen molar-refractivity contribution in [3.8, 4) is 11.4 Å². The molecule has 0 radical (unpaired) electrons. The van der Waals surface area contributed by atoms with Gasteiger partial charge < -0.3 is 4.74 Å². The molecule has 3 heterocycles. The molecule has 1 aromatic heterocycles. The van der Waals surface area contributed by atoms with Crippen molar-refractivity contribution in [3.63, 3.8) is 0 Å². The molecule has 3 aliphatic rings. The number of anilines is 1. The van der Waals surface area contributed by atoms with Gasteiger partial charge in [-0.05, 0) is 49.1 Å². The van der Waals surface area contributed by atoms with Crippen LogP contribution in [0.25, 0.3) is 5.69 Å². The number of aliphatic imine (C=N–C) groups is 2. The highest BCUT2D eigenvalue weighted by molar-refractivity contribution is 5.82. The lowest BCUT2D eigenvalue weighted by Gasteiger charge is -2.46. The summed E-state index contributed by atoms with van der Waals surface area (Å²) in [5, 5.41) is 6.59. The molecule has 0 N–H and O–H groups in total. The van der Waals surface area contributed by atoms with E-state index in [1.54, 1.807) is 11.0 Å². The predicted molar refractivity (Wildman–Crippen MR) is 127 cm³/mol. The van der Waals surface area contributed by atoms with Gasteiger partial charge in [0.2, 0.25) is 12.0 Å². The van der Waals surface area contributed by atoms with E-state index < -0.39 is 0 Å². The molecular formula is C25H24N7O+. The van der Waals surface area contributed by atoms with Crippen LogP contribution in [0.5, 0.6) is 5.75 Å². The number of benzene rings is 2. The van der Waals surface area contributed by atoms with E-state index in [9.17, 15) is 0 Å². The summed E-state index contributed by atoms with van der Waals surface area (Å²) in [6, 6.07) is 16.9. The molecule has 2 aliphatic heterocycles. The number of ether oxygens (including phenoxy) is 1. The molecule has 1 aliphatic carbocycles. The second-order valence-electron chi connectivity index (χ2n) is 8.35. The van der Waals surface area contributed by atoms with Gasteiger partial charge in [-0.25, -0.2) is 19.7 Å². The Labute approximate surface area is 192 Å². The number of quaternary nitrogens is 1. The average Bonchev–Trinajstić information content (AvgIpc) is 3.51. The van der Waals surface area contributed by atoms with Gasteiger partial charge in [0.25, 0.3) is 0 Å². The minimum absolute atomic E-state index is 0.439. The molecule has 0 amide bonds. The molecular weight excluding hydrogens is 414 g/mol. The first-order valence-corrected chi connectivity index (χ1v) is 11.1. The van der Waals surface area contributed by atoms with E-state index in [0.717, 1.165) is 41.2 Å². The van der Waals surface area contributed by atoms with E-state index in [1.807, 2.05) is 43.2 Å². The Bertz CT molecular complexity index is 1260. The predicted octanol–water partition coefficient (Wildman–Crippen LogP) is 4.38. The van der Waals surface area contributed by atoms with Crippen molar-refractivity contribution in [2.75, 3.05) is 5.01 Å². The molecule has 6 rings (SSSR count). The Morgan fingerprint density at radius 3 is 2.79 bits per heavy atom. The zero-order chi connectivity index (χ0) is 22.1. The fraction of sp³-hybridized carbons (Fsp3) is 0.200. The molecule has 8 heteroatoms. The van der Waals surface area contributed by atoms with Crippen molar-refractivity contribution in [1.29, 1.82) is 0 Å². The largest absolute Gasteiger partial charge is 0.489 e. The summed E-state index contributed by atoms with van der Waals surface area (Å²) >= 11 is 0. The van der Waals surface area contributed by atoms with Crippen molar-refractivity contribution < 1.29 is 9.33 Å². The first-order valence-electron chi connectivity index (χ1n) is 11.1. The van der Waals surface area contributed by atoms with Gasteiger partial charge in [0.1, 0.15) is 25.0 Å². The van der Waals surface area contributed by atoms with Crippen molar-refractivity contribution in [2.45, 2.75) is 31.9 Å². The monoisotopic (exact) mass is 438 g/mol. The smallest absolute Gasteiger partial charge is 0.225 e. The van der Waals surface area contributed by atoms with Crippen LogP contribution in [0.15, 0.2) is 95.5 Å². The van der Waals surface area contributed by atoms with Crippen LogP contribution in [0.1, 0.15) is 24.8 Å². The standard InChI is InChI=1S/C25H24N7O/c1-3-22(4-1)31(32-12-11-26-14-24(32)15-27-19-32)23-5-2-6-25(13-23)33-16-20-7-9-21(10-8-20)30-18-28-17-29-30/h2,5-15,17-19,22H,1,3-4,16H2/q+1. The van der Waals surface area contributed by atoms with Crippen LogP contribution >= 0.6 is 0 Å². The van der Waals surface area contributed by atoms with Gasteiger partial charge in [-0.2, -0.15) is 5.10 Å². The molecule has 1 saturated carbocycles. The van der Waals surface area contributed by atoms with E-state index in [2.05, 4.69) is 61.6 Å². The van der Waals surface area contributed by atoms with Gasteiger partial charge in [0, 0.05) is 6.07 Å². The highest BCUT2D eigenvalue weighted by Gasteiger charge is 2.46. The Morgan fingerprint density at radius 2 is 2.00 bits per heavy atom. The van der Waals surface area contributed by atoms with E-state index in [0.29, 0.717) is 17.2 Å². The summed E-state index contributed by atoms with van der Waals surface area (Å²) in [6.07, 6.45) is 16.5. The minimum Gasteiger partial charge on any atom is -0.489 e. The fourth-order valence-electron chi connectivity index (χ4n) is 4.40. The number of hydrogen-bond acceptors (Lipinski definition) is 6. The van der Waals surface area contributed by atoms with Crippen LogP contribution < -0.4 is 9.75 Å². The molecule has 1 atom stereocenters. The first kappa shape index (κ1) is 19.6. The molecule has 1 unspecified atom stereocenters. The quantitative estimate of drug-likeness (QED) is 0.514. The normalized spacial score (nSPS) is 20.9. The van der Waals surface area contributed by atoms with Crippen LogP contribution in [-0.4, -0.2) is 38.0 Å². The number of hydrogen-bond donors (Lipinski definition) is 0. The third kappa shape index (κ3) is 3.54. The molecule has 0 bridgehead atoms. The number of allylic oxidation sites excluding steroid dienone is 1. The van der Waals surface area contributed by atoms with E-state index >= 15 is 0 Å². The van der Waals surface area contributed by atoms with Gasteiger partial charge in [-0.3, -0.25) is 4.99 Å². The van der Waals surface area contributed by atoms with Crippen LogP contribution in [-0.2, 0) is 6.61 Å². The van der Waals surface area contributed by atoms with E-state index in [-0.39, 0.29) is 0 Å². The van der Waals surface area contributed by atoms with Crippen LogP contribution in [0.4, 0.5) is 5.69 Å². The maximum atomic E-state index is 6.18. The summed E-state index contributed by atoms with van der Waals surface area (Å²) in [5.41, 5.74) is 4.22. The second-order valence-corrected chi connectivity index (χ2v) is 8.35. The Morgan fingerprint density at radius 1 is 1.09 bits per heavy atom. The molecule has 8 nitrogen and oxygen atoms in total.